The van der Waals surface area contributed by atoms with Crippen LogP contribution in [0, 0.1) is 24.0 Å². The highest BCUT2D eigenvalue weighted by atomic mass is 16.6. The van der Waals surface area contributed by atoms with Crippen molar-refractivity contribution < 1.29 is 4.92 Å². The maximum absolute atomic E-state index is 11.2. The van der Waals surface area contributed by atoms with Gasteiger partial charge in [-0.25, -0.2) is 9.97 Å². The predicted octanol–water partition coefficient (Wildman–Crippen LogP) is 3.17. The van der Waals surface area contributed by atoms with Crippen LogP contribution in [0.3, 0.4) is 0 Å². The van der Waals surface area contributed by atoms with Crippen LogP contribution in [-0.2, 0) is 6.54 Å². The first-order valence-corrected chi connectivity index (χ1v) is 7.36. The molecular weight excluding hydrogens is 280 g/mol. The van der Waals surface area contributed by atoms with Gasteiger partial charge in [-0.2, -0.15) is 0 Å². The van der Waals surface area contributed by atoms with E-state index in [1.165, 1.54) is 0 Å². The van der Waals surface area contributed by atoms with Gasteiger partial charge >= 0.3 is 0 Å². The zero-order chi connectivity index (χ0) is 15.7. The number of hydrogen-bond acceptors (Lipinski definition) is 5. The molecular formula is C16H18N4O2. The minimum atomic E-state index is -0.323. The largest absolute Gasteiger partial charge is 0.349 e. The number of anilines is 1. The molecule has 0 saturated heterocycles. The average Bonchev–Trinajstić information content (AvgIpc) is 3.28. The molecule has 0 aliphatic heterocycles. The summed E-state index contributed by atoms with van der Waals surface area (Å²) in [6, 6.07) is 9.26. The van der Waals surface area contributed by atoms with Gasteiger partial charge in [-0.3, -0.25) is 10.1 Å². The number of nitro benzene ring substituents is 1. The molecule has 1 aromatic heterocycles. The van der Waals surface area contributed by atoms with E-state index in [1.807, 2.05) is 32.0 Å². The van der Waals surface area contributed by atoms with Gasteiger partial charge in [0, 0.05) is 29.4 Å². The summed E-state index contributed by atoms with van der Waals surface area (Å²) in [6.07, 6.45) is 2.20. The second kappa shape index (κ2) is 5.71. The molecule has 1 fully saturated rings. The van der Waals surface area contributed by atoms with Crippen LogP contribution in [0.1, 0.15) is 29.9 Å². The number of aromatic nitrogens is 2. The Kier molecular flexibility index (Phi) is 3.75. The standard InChI is InChI=1S/C16H18N4O2/c1-11-9-16(18-12(2)17-11)19(14-7-8-14)10-13-5-3-4-6-15(13)20(21)22/h3-6,9,14H,7-8,10H2,1-2H3. The van der Waals surface area contributed by atoms with Gasteiger partial charge in [0.15, 0.2) is 0 Å². The molecule has 0 bridgehead atoms. The molecule has 0 atom stereocenters. The van der Waals surface area contributed by atoms with Crippen molar-refractivity contribution in [3.63, 3.8) is 0 Å². The first-order chi connectivity index (χ1) is 10.5. The van der Waals surface area contributed by atoms with Crippen molar-refractivity contribution in [2.45, 2.75) is 39.3 Å². The SMILES string of the molecule is Cc1cc(N(Cc2ccccc2[N+](=O)[O-])C2CC2)nc(C)n1. The van der Waals surface area contributed by atoms with Crippen molar-refractivity contribution in [2.24, 2.45) is 0 Å². The monoisotopic (exact) mass is 298 g/mol. The van der Waals surface area contributed by atoms with E-state index in [0.29, 0.717) is 18.2 Å². The smallest absolute Gasteiger partial charge is 0.274 e. The Morgan fingerprint density at radius 3 is 2.64 bits per heavy atom. The fourth-order valence-corrected chi connectivity index (χ4v) is 2.63. The Bertz CT molecular complexity index is 693. The lowest BCUT2D eigenvalue weighted by Gasteiger charge is -2.24. The molecule has 1 aliphatic rings. The van der Waals surface area contributed by atoms with Gasteiger partial charge in [0.1, 0.15) is 11.6 Å². The van der Waals surface area contributed by atoms with E-state index in [2.05, 4.69) is 14.9 Å². The quantitative estimate of drug-likeness (QED) is 0.626. The topological polar surface area (TPSA) is 72.2 Å². The third-order valence-corrected chi connectivity index (χ3v) is 3.76. The van der Waals surface area contributed by atoms with Crippen molar-refractivity contribution >= 4 is 11.5 Å². The highest BCUT2D eigenvalue weighted by Gasteiger charge is 2.31. The number of para-hydroxylation sites is 1. The van der Waals surface area contributed by atoms with E-state index in [-0.39, 0.29) is 10.6 Å². The van der Waals surface area contributed by atoms with E-state index < -0.39 is 0 Å². The minimum absolute atomic E-state index is 0.163. The van der Waals surface area contributed by atoms with E-state index in [9.17, 15) is 10.1 Å². The summed E-state index contributed by atoms with van der Waals surface area (Å²) >= 11 is 0. The Morgan fingerprint density at radius 2 is 2.00 bits per heavy atom. The molecule has 2 aromatic rings. The van der Waals surface area contributed by atoms with Crippen molar-refractivity contribution in [3.05, 3.63) is 57.5 Å². The third-order valence-electron chi connectivity index (χ3n) is 3.76. The van der Waals surface area contributed by atoms with Gasteiger partial charge in [-0.15, -0.1) is 0 Å². The molecule has 114 valence electrons. The van der Waals surface area contributed by atoms with Crippen molar-refractivity contribution in [1.82, 2.24) is 9.97 Å². The minimum Gasteiger partial charge on any atom is -0.349 e. The van der Waals surface area contributed by atoms with E-state index >= 15 is 0 Å². The Hall–Kier alpha value is -2.50. The molecule has 0 N–H and O–H groups in total. The molecule has 1 aromatic carbocycles. The molecule has 1 aliphatic carbocycles. The van der Waals surface area contributed by atoms with Crippen LogP contribution in [0.25, 0.3) is 0 Å². The fourth-order valence-electron chi connectivity index (χ4n) is 2.63. The van der Waals surface area contributed by atoms with Crippen molar-refractivity contribution in [2.75, 3.05) is 4.90 Å². The number of nitrogens with zero attached hydrogens (tertiary/aromatic N) is 4. The molecule has 0 amide bonds. The molecule has 1 saturated carbocycles. The summed E-state index contributed by atoms with van der Waals surface area (Å²) in [5.74, 6) is 1.58. The second-order valence-corrected chi connectivity index (χ2v) is 5.66. The van der Waals surface area contributed by atoms with Crippen LogP contribution in [0.15, 0.2) is 30.3 Å². The van der Waals surface area contributed by atoms with Crippen LogP contribution < -0.4 is 4.90 Å². The number of nitro groups is 1. The van der Waals surface area contributed by atoms with Crippen LogP contribution in [-0.4, -0.2) is 20.9 Å². The number of aryl methyl sites for hydroxylation is 2. The van der Waals surface area contributed by atoms with Crippen molar-refractivity contribution in [1.29, 1.82) is 0 Å². The molecule has 6 heteroatoms. The van der Waals surface area contributed by atoms with Gasteiger partial charge in [0.25, 0.3) is 5.69 Å². The van der Waals surface area contributed by atoms with E-state index in [0.717, 1.165) is 30.2 Å². The highest BCUT2D eigenvalue weighted by Crippen LogP contribution is 2.33. The third kappa shape index (κ3) is 3.05. The van der Waals surface area contributed by atoms with Gasteiger partial charge in [-0.05, 0) is 26.7 Å². The second-order valence-electron chi connectivity index (χ2n) is 5.66. The number of hydrogen-bond donors (Lipinski definition) is 0. The lowest BCUT2D eigenvalue weighted by molar-refractivity contribution is -0.385. The molecule has 22 heavy (non-hydrogen) atoms. The number of rotatable bonds is 5. The summed E-state index contributed by atoms with van der Waals surface area (Å²) in [4.78, 5) is 21.8. The normalized spacial score (nSPS) is 13.9. The van der Waals surface area contributed by atoms with Crippen LogP contribution in [0.5, 0.6) is 0 Å². The lowest BCUT2D eigenvalue weighted by Crippen LogP contribution is -2.27. The summed E-state index contributed by atoms with van der Waals surface area (Å²) in [7, 11) is 0. The van der Waals surface area contributed by atoms with Gasteiger partial charge < -0.3 is 4.90 Å². The summed E-state index contributed by atoms with van der Waals surface area (Å²) in [6.45, 7) is 4.30. The van der Waals surface area contributed by atoms with Crippen molar-refractivity contribution in [3.8, 4) is 0 Å². The molecule has 3 rings (SSSR count). The van der Waals surface area contributed by atoms with Crippen LogP contribution in [0.4, 0.5) is 11.5 Å². The first-order valence-electron chi connectivity index (χ1n) is 7.36. The molecule has 1 heterocycles. The Balaban J connectivity index is 1.95. The summed E-state index contributed by atoms with van der Waals surface area (Å²) in [5, 5.41) is 11.2. The molecule has 0 radical (unpaired) electrons. The first kappa shape index (κ1) is 14.4. The number of benzene rings is 1. The molecule has 6 nitrogen and oxygen atoms in total. The fraction of sp³-hybridized carbons (Fsp3) is 0.375. The maximum Gasteiger partial charge on any atom is 0.274 e. The van der Waals surface area contributed by atoms with Crippen LogP contribution >= 0.6 is 0 Å². The molecule has 0 spiro atoms. The highest BCUT2D eigenvalue weighted by molar-refractivity contribution is 5.48. The zero-order valence-electron chi connectivity index (χ0n) is 12.7. The Morgan fingerprint density at radius 1 is 1.27 bits per heavy atom. The van der Waals surface area contributed by atoms with Gasteiger partial charge in [-0.1, -0.05) is 18.2 Å². The zero-order valence-corrected chi connectivity index (χ0v) is 12.7. The molecule has 0 unspecified atom stereocenters. The lowest BCUT2D eigenvalue weighted by atomic mass is 10.1. The average molecular weight is 298 g/mol. The van der Waals surface area contributed by atoms with Gasteiger partial charge in [0.05, 0.1) is 11.5 Å². The summed E-state index contributed by atoms with van der Waals surface area (Å²) in [5.41, 5.74) is 1.79. The summed E-state index contributed by atoms with van der Waals surface area (Å²) < 4.78 is 0. The maximum atomic E-state index is 11.2. The van der Waals surface area contributed by atoms with E-state index in [1.54, 1.807) is 12.1 Å². The van der Waals surface area contributed by atoms with E-state index in [4.69, 9.17) is 0 Å². The predicted molar refractivity (Wildman–Crippen MR) is 83.8 cm³/mol. The Labute approximate surface area is 129 Å². The van der Waals surface area contributed by atoms with Crippen LogP contribution in [0.2, 0.25) is 0 Å². The van der Waals surface area contributed by atoms with Gasteiger partial charge in [0.2, 0.25) is 0 Å².